The van der Waals surface area contributed by atoms with Crippen LogP contribution in [-0.4, -0.2) is 35.0 Å². The highest BCUT2D eigenvalue weighted by molar-refractivity contribution is 5.64. The van der Waals surface area contributed by atoms with Gasteiger partial charge in [-0.1, -0.05) is 48.5 Å². The lowest BCUT2D eigenvalue weighted by Crippen LogP contribution is -2.67. The van der Waals surface area contributed by atoms with Crippen LogP contribution in [0, 0.1) is 0 Å². The summed E-state index contributed by atoms with van der Waals surface area (Å²) in [4.78, 5) is 0. The Morgan fingerprint density at radius 2 is 1.12 bits per heavy atom. The van der Waals surface area contributed by atoms with Gasteiger partial charge in [-0.2, -0.15) is 48.3 Å². The van der Waals surface area contributed by atoms with Gasteiger partial charge in [0.2, 0.25) is 0 Å². The molecule has 0 radical (unpaired) electrons. The van der Waals surface area contributed by atoms with E-state index in [-0.39, 0.29) is 0 Å². The van der Waals surface area contributed by atoms with Crippen LogP contribution in [0.25, 0.3) is 11.1 Å². The van der Waals surface area contributed by atoms with E-state index in [1.165, 1.54) is 12.1 Å². The van der Waals surface area contributed by atoms with E-state index < -0.39 is 47.5 Å². The highest BCUT2D eigenvalue weighted by Gasteiger charge is 2.87. The molecule has 0 aliphatic rings. The fraction of sp³-hybridized carbons (Fsp3) is 0.400. The molecule has 32 heavy (non-hydrogen) atoms. The van der Waals surface area contributed by atoms with Crippen molar-refractivity contribution in [2.75, 3.05) is 0 Å². The van der Waals surface area contributed by atoms with Crippen molar-refractivity contribution in [1.82, 2.24) is 0 Å². The number of hydrogen-bond donors (Lipinski definition) is 1. The molecule has 0 heterocycles. The van der Waals surface area contributed by atoms with Gasteiger partial charge in [0, 0.05) is 0 Å². The molecule has 2 aromatic rings. The Bertz CT molecular complexity index is 934. The number of benzene rings is 2. The molecule has 0 aliphatic carbocycles. The summed E-state index contributed by atoms with van der Waals surface area (Å²) in [6.07, 6.45) is -9.81. The van der Waals surface area contributed by atoms with Crippen molar-refractivity contribution in [2.45, 2.75) is 48.8 Å². The van der Waals surface area contributed by atoms with Crippen molar-refractivity contribution >= 4 is 0 Å². The Morgan fingerprint density at radius 3 is 1.62 bits per heavy atom. The van der Waals surface area contributed by atoms with E-state index in [1.807, 2.05) is 0 Å². The summed E-state index contributed by atoms with van der Waals surface area (Å²) in [6.45, 7) is 0.515. The van der Waals surface area contributed by atoms with Gasteiger partial charge in [0.1, 0.15) is 0 Å². The first-order valence-corrected chi connectivity index (χ1v) is 8.74. The number of hydrogen-bond acceptors (Lipinski definition) is 1. The number of halogens is 11. The van der Waals surface area contributed by atoms with Gasteiger partial charge in [-0.05, 0) is 29.7 Å². The van der Waals surface area contributed by atoms with Gasteiger partial charge in [-0.25, -0.2) is 0 Å². The predicted octanol–water partition coefficient (Wildman–Crippen LogP) is 7.05. The zero-order valence-corrected chi connectivity index (χ0v) is 16.0. The molecule has 0 fully saturated rings. The summed E-state index contributed by atoms with van der Waals surface area (Å²) in [5, 5.41) is 10.3. The van der Waals surface area contributed by atoms with Crippen LogP contribution in [0.15, 0.2) is 54.6 Å². The molecule has 0 aliphatic heterocycles. The van der Waals surface area contributed by atoms with Crippen LogP contribution in [0.5, 0.6) is 0 Å². The van der Waals surface area contributed by atoms with Crippen LogP contribution in [0.2, 0.25) is 0 Å². The molecule has 0 amide bonds. The quantitative estimate of drug-likeness (QED) is 0.421. The van der Waals surface area contributed by atoms with Gasteiger partial charge in [0.15, 0.2) is 0 Å². The molecule has 12 heteroatoms. The molecule has 2 rings (SSSR count). The topological polar surface area (TPSA) is 20.2 Å². The molecule has 0 saturated carbocycles. The standard InChI is InChI=1S/C20H15F11O/c1-15(32,14-9-5-8-13(10-14)12-6-3-2-4-7-12)11-16(21,22)17(23,24)18(25,26)19(27,28)20(29,30)31/h2-10,32H,11H2,1H3. The lowest BCUT2D eigenvalue weighted by molar-refractivity contribution is -0.424. The van der Waals surface area contributed by atoms with Crippen LogP contribution in [-0.2, 0) is 5.60 Å². The summed E-state index contributed by atoms with van der Waals surface area (Å²) in [5.41, 5.74) is -2.70. The third-order valence-electron chi connectivity index (χ3n) is 4.76. The van der Waals surface area contributed by atoms with Crippen LogP contribution < -0.4 is 0 Å². The Hall–Kier alpha value is -2.37. The third-order valence-corrected chi connectivity index (χ3v) is 4.76. The minimum atomic E-state index is -7.51. The smallest absolute Gasteiger partial charge is 0.385 e. The number of rotatable bonds is 7. The van der Waals surface area contributed by atoms with Gasteiger partial charge < -0.3 is 5.11 Å². The van der Waals surface area contributed by atoms with Gasteiger partial charge in [0.05, 0.1) is 12.0 Å². The average molecular weight is 480 g/mol. The summed E-state index contributed by atoms with van der Waals surface area (Å²) in [7, 11) is 0. The van der Waals surface area contributed by atoms with E-state index in [9.17, 15) is 53.4 Å². The van der Waals surface area contributed by atoms with Gasteiger partial charge in [0.25, 0.3) is 0 Å². The second kappa shape index (κ2) is 7.89. The number of alkyl halides is 11. The Balaban J connectivity index is 2.43. The molecule has 2 aromatic carbocycles. The fourth-order valence-corrected chi connectivity index (χ4v) is 2.91. The van der Waals surface area contributed by atoms with Crippen LogP contribution in [0.1, 0.15) is 18.9 Å². The van der Waals surface area contributed by atoms with E-state index in [0.29, 0.717) is 18.1 Å². The molecular formula is C20H15F11O. The SMILES string of the molecule is CC(O)(CC(F)(F)C(F)(F)C(F)(F)C(F)(F)C(F)(F)F)c1cccc(-c2ccccc2)c1. The van der Waals surface area contributed by atoms with Crippen LogP contribution >= 0.6 is 0 Å². The average Bonchev–Trinajstić information content (AvgIpc) is 2.66. The van der Waals surface area contributed by atoms with Crippen molar-refractivity contribution < 1.29 is 53.4 Å². The minimum absolute atomic E-state index is 0.299. The normalized spacial score (nSPS) is 16.0. The highest BCUT2D eigenvalue weighted by atomic mass is 19.4. The Labute approximate surface area is 174 Å². The first kappa shape index (κ1) is 25.9. The molecule has 0 saturated heterocycles. The zero-order valence-electron chi connectivity index (χ0n) is 16.0. The van der Waals surface area contributed by atoms with Gasteiger partial charge >= 0.3 is 29.9 Å². The summed E-state index contributed by atoms with van der Waals surface area (Å²) < 4.78 is 145. The maximum absolute atomic E-state index is 14.1. The van der Waals surface area contributed by atoms with Crippen molar-refractivity contribution in [2.24, 2.45) is 0 Å². The lowest BCUT2D eigenvalue weighted by atomic mass is 9.84. The van der Waals surface area contributed by atoms with Crippen LogP contribution in [0.3, 0.4) is 0 Å². The predicted molar refractivity (Wildman–Crippen MR) is 91.9 cm³/mol. The number of aliphatic hydroxyl groups is 1. The molecule has 1 nitrogen and oxygen atoms in total. The Kier molecular flexibility index (Phi) is 6.38. The van der Waals surface area contributed by atoms with Crippen molar-refractivity contribution in [3.63, 3.8) is 0 Å². The van der Waals surface area contributed by atoms with Crippen molar-refractivity contribution in [3.8, 4) is 11.1 Å². The molecule has 1 atom stereocenters. The minimum Gasteiger partial charge on any atom is -0.385 e. The van der Waals surface area contributed by atoms with Crippen LogP contribution in [0.4, 0.5) is 48.3 Å². The molecule has 0 aromatic heterocycles. The second-order valence-electron chi connectivity index (χ2n) is 7.32. The van der Waals surface area contributed by atoms with E-state index in [0.717, 1.165) is 12.1 Å². The summed E-state index contributed by atoms with van der Waals surface area (Å²) in [5.74, 6) is -28.3. The largest absolute Gasteiger partial charge is 0.460 e. The monoisotopic (exact) mass is 480 g/mol. The van der Waals surface area contributed by atoms with Crippen molar-refractivity contribution in [3.05, 3.63) is 60.2 Å². The molecular weight excluding hydrogens is 465 g/mol. The van der Waals surface area contributed by atoms with Gasteiger partial charge in [-0.15, -0.1) is 0 Å². The van der Waals surface area contributed by atoms with E-state index in [2.05, 4.69) is 0 Å². The van der Waals surface area contributed by atoms with E-state index >= 15 is 0 Å². The van der Waals surface area contributed by atoms with Crippen molar-refractivity contribution in [1.29, 1.82) is 0 Å². The molecule has 1 unspecified atom stereocenters. The molecule has 178 valence electrons. The fourth-order valence-electron chi connectivity index (χ4n) is 2.91. The summed E-state index contributed by atoms with van der Waals surface area (Å²) >= 11 is 0. The summed E-state index contributed by atoms with van der Waals surface area (Å²) in [6, 6.07) is 12.7. The Morgan fingerprint density at radius 1 is 0.625 bits per heavy atom. The first-order chi connectivity index (χ1) is 14.3. The molecule has 0 spiro atoms. The first-order valence-electron chi connectivity index (χ1n) is 8.74. The van der Waals surface area contributed by atoms with E-state index in [1.54, 1.807) is 30.3 Å². The molecule has 0 bridgehead atoms. The van der Waals surface area contributed by atoms with E-state index in [4.69, 9.17) is 0 Å². The maximum Gasteiger partial charge on any atom is 0.460 e. The maximum atomic E-state index is 14.1. The molecule has 1 N–H and O–H groups in total. The van der Waals surface area contributed by atoms with Gasteiger partial charge in [-0.3, -0.25) is 0 Å². The second-order valence-corrected chi connectivity index (χ2v) is 7.32. The lowest BCUT2D eigenvalue weighted by Gasteiger charge is -2.39. The highest BCUT2D eigenvalue weighted by Crippen LogP contribution is 2.59. The third kappa shape index (κ3) is 4.28. The zero-order chi connectivity index (χ0) is 24.8.